The molecule has 1 heterocycles. The third-order valence-electron chi connectivity index (χ3n) is 3.18. The van der Waals surface area contributed by atoms with E-state index < -0.39 is 24.2 Å². The Morgan fingerprint density at radius 2 is 2.00 bits per heavy atom. The maximum atomic E-state index is 12.8. The molecule has 1 aromatic heterocycles. The number of ether oxygens (including phenoxy) is 1. The first-order chi connectivity index (χ1) is 11.9. The van der Waals surface area contributed by atoms with Crippen molar-refractivity contribution in [2.45, 2.75) is 11.9 Å². The number of aryl methyl sites for hydroxylation is 1. The Labute approximate surface area is 146 Å². The number of ketones is 1. The second-order valence-electron chi connectivity index (χ2n) is 5.01. The zero-order chi connectivity index (χ0) is 18.4. The normalized spacial score (nSPS) is 10.1. The number of benzene rings is 1. The minimum Gasteiger partial charge on any atom is -0.457 e. The summed E-state index contributed by atoms with van der Waals surface area (Å²) in [6.45, 7) is 1.15. The van der Waals surface area contributed by atoms with Crippen molar-refractivity contribution in [3.8, 4) is 6.07 Å². The molecule has 1 aromatic carbocycles. The maximum Gasteiger partial charge on any atom is 0.316 e. The highest BCUT2D eigenvalue weighted by Crippen LogP contribution is 2.20. The number of aromatic nitrogens is 1. The van der Waals surface area contributed by atoms with E-state index in [2.05, 4.69) is 4.98 Å². The highest BCUT2D eigenvalue weighted by Gasteiger charge is 2.13. The van der Waals surface area contributed by atoms with Crippen LogP contribution in [0.4, 0.5) is 4.39 Å². The molecule has 0 aliphatic rings. The second kappa shape index (κ2) is 8.26. The third kappa shape index (κ3) is 5.02. The molecule has 8 heteroatoms. The molecule has 0 saturated carbocycles. The lowest BCUT2D eigenvalue weighted by atomic mass is 10.1. The summed E-state index contributed by atoms with van der Waals surface area (Å²) in [5.74, 6) is -1.78. The minimum absolute atomic E-state index is 0.176. The zero-order valence-corrected chi connectivity index (χ0v) is 14.0. The lowest BCUT2D eigenvalue weighted by molar-refractivity contribution is -0.139. The van der Waals surface area contributed by atoms with Crippen molar-refractivity contribution >= 4 is 23.5 Å². The molecule has 0 aliphatic heterocycles. The lowest BCUT2D eigenvalue weighted by Crippen LogP contribution is -2.16. The van der Waals surface area contributed by atoms with Gasteiger partial charge in [0, 0.05) is 11.6 Å². The highest BCUT2D eigenvalue weighted by molar-refractivity contribution is 7.99. The van der Waals surface area contributed by atoms with Gasteiger partial charge in [0.15, 0.2) is 12.4 Å². The molecular weight excluding hydrogens is 347 g/mol. The molecule has 0 fully saturated rings. The number of carbonyl (C=O) groups excluding carboxylic acids is 2. The van der Waals surface area contributed by atoms with Gasteiger partial charge in [-0.3, -0.25) is 14.4 Å². The highest BCUT2D eigenvalue weighted by atomic mass is 32.2. The largest absolute Gasteiger partial charge is 0.457 e. The van der Waals surface area contributed by atoms with Crippen LogP contribution in [0, 0.1) is 24.1 Å². The zero-order valence-electron chi connectivity index (χ0n) is 13.2. The fraction of sp³-hybridized carbons (Fsp3) is 0.176. The number of Topliss-reactive ketones (excluding diaryl/α,β-unsaturated/α-hetero) is 1. The SMILES string of the molecule is Cc1cc(=O)[nH]c(SCC(=O)OCC(=O)c2ccc(F)cc2)c1C#N. The van der Waals surface area contributed by atoms with Crippen LogP contribution in [0.1, 0.15) is 21.5 Å². The van der Waals surface area contributed by atoms with E-state index in [1.165, 1.54) is 18.2 Å². The number of carbonyl (C=O) groups is 2. The summed E-state index contributed by atoms with van der Waals surface area (Å²) in [7, 11) is 0. The van der Waals surface area contributed by atoms with E-state index in [-0.39, 0.29) is 27.5 Å². The molecule has 0 unspecified atom stereocenters. The van der Waals surface area contributed by atoms with Gasteiger partial charge in [0.25, 0.3) is 0 Å². The average Bonchev–Trinajstić information content (AvgIpc) is 2.58. The van der Waals surface area contributed by atoms with Crippen LogP contribution in [0.25, 0.3) is 0 Å². The van der Waals surface area contributed by atoms with Gasteiger partial charge in [-0.1, -0.05) is 11.8 Å². The van der Waals surface area contributed by atoms with Crippen molar-refractivity contribution in [1.29, 1.82) is 5.26 Å². The number of esters is 1. The number of nitriles is 1. The summed E-state index contributed by atoms with van der Waals surface area (Å²) < 4.78 is 17.7. The van der Waals surface area contributed by atoms with Gasteiger partial charge < -0.3 is 9.72 Å². The summed E-state index contributed by atoms with van der Waals surface area (Å²) in [6.07, 6.45) is 0. The quantitative estimate of drug-likeness (QED) is 0.482. The molecule has 1 N–H and O–H groups in total. The molecule has 0 bridgehead atoms. The fourth-order valence-electron chi connectivity index (χ4n) is 1.94. The van der Waals surface area contributed by atoms with Gasteiger partial charge in [-0.2, -0.15) is 5.26 Å². The number of nitrogens with zero attached hydrogens (tertiary/aromatic N) is 1. The molecule has 0 radical (unpaired) electrons. The minimum atomic E-state index is -0.674. The molecule has 2 aromatic rings. The number of halogens is 1. The molecule has 0 saturated heterocycles. The van der Waals surface area contributed by atoms with Gasteiger partial charge in [0.1, 0.15) is 11.9 Å². The Bertz CT molecular complexity index is 900. The van der Waals surface area contributed by atoms with Crippen LogP contribution in [-0.2, 0) is 9.53 Å². The number of pyridine rings is 1. The van der Waals surface area contributed by atoms with Crippen molar-refractivity contribution < 1.29 is 18.7 Å². The Morgan fingerprint density at radius 3 is 2.64 bits per heavy atom. The van der Waals surface area contributed by atoms with Crippen LogP contribution in [0.5, 0.6) is 0 Å². The first kappa shape index (κ1) is 18.4. The van der Waals surface area contributed by atoms with Crippen molar-refractivity contribution in [3.05, 3.63) is 63.2 Å². The maximum absolute atomic E-state index is 12.8. The molecule has 0 amide bonds. The molecule has 6 nitrogen and oxygen atoms in total. The Morgan fingerprint density at radius 1 is 1.32 bits per heavy atom. The summed E-state index contributed by atoms with van der Waals surface area (Å²) in [5.41, 5.74) is 0.642. The standard InChI is InChI=1S/C17H13FN2O4S/c1-10-6-15(22)20-17(13(10)7-19)25-9-16(23)24-8-14(21)11-2-4-12(18)5-3-11/h2-6H,8-9H2,1H3,(H,20,22). The molecular formula is C17H13FN2O4S. The first-order valence-corrected chi connectivity index (χ1v) is 8.10. The summed E-state index contributed by atoms with van der Waals surface area (Å²) >= 11 is 0.944. The van der Waals surface area contributed by atoms with E-state index in [0.717, 1.165) is 23.9 Å². The van der Waals surface area contributed by atoms with Crippen molar-refractivity contribution in [3.63, 3.8) is 0 Å². The predicted molar refractivity (Wildman–Crippen MR) is 88.9 cm³/mol. The van der Waals surface area contributed by atoms with Crippen LogP contribution in [0.15, 0.2) is 40.2 Å². The number of rotatable bonds is 6. The van der Waals surface area contributed by atoms with Crippen molar-refractivity contribution in [1.82, 2.24) is 4.98 Å². The Balaban J connectivity index is 1.91. The van der Waals surface area contributed by atoms with Crippen molar-refractivity contribution in [2.75, 3.05) is 12.4 Å². The van der Waals surface area contributed by atoms with E-state index in [4.69, 9.17) is 10.00 Å². The van der Waals surface area contributed by atoms with Gasteiger partial charge >= 0.3 is 5.97 Å². The molecule has 128 valence electrons. The lowest BCUT2D eigenvalue weighted by Gasteiger charge is -2.06. The number of hydrogen-bond donors (Lipinski definition) is 1. The molecule has 25 heavy (non-hydrogen) atoms. The Hall–Kier alpha value is -2.92. The van der Waals surface area contributed by atoms with Gasteiger partial charge in [-0.05, 0) is 36.8 Å². The van der Waals surface area contributed by atoms with Crippen molar-refractivity contribution in [2.24, 2.45) is 0 Å². The van der Waals surface area contributed by atoms with Crippen LogP contribution in [0.3, 0.4) is 0 Å². The van der Waals surface area contributed by atoms with Gasteiger partial charge in [0.05, 0.1) is 16.3 Å². The number of nitrogens with one attached hydrogen (secondary N) is 1. The van der Waals surface area contributed by atoms with Gasteiger partial charge in [0.2, 0.25) is 5.56 Å². The van der Waals surface area contributed by atoms with Crippen LogP contribution >= 0.6 is 11.8 Å². The van der Waals surface area contributed by atoms with Crippen LogP contribution < -0.4 is 5.56 Å². The van der Waals surface area contributed by atoms with Gasteiger partial charge in [-0.25, -0.2) is 4.39 Å². The monoisotopic (exact) mass is 360 g/mol. The molecule has 0 spiro atoms. The van der Waals surface area contributed by atoms with E-state index in [9.17, 15) is 18.8 Å². The first-order valence-electron chi connectivity index (χ1n) is 7.12. The summed E-state index contributed by atoms with van der Waals surface area (Å²) in [6, 6.07) is 8.14. The molecule has 0 aliphatic carbocycles. The number of thioether (sulfide) groups is 1. The average molecular weight is 360 g/mol. The second-order valence-corrected chi connectivity index (χ2v) is 6.00. The van der Waals surface area contributed by atoms with E-state index in [0.29, 0.717) is 5.56 Å². The van der Waals surface area contributed by atoms with Crippen LogP contribution in [0.2, 0.25) is 0 Å². The number of aromatic amines is 1. The topological polar surface area (TPSA) is 100 Å². The van der Waals surface area contributed by atoms with E-state index in [1.54, 1.807) is 6.92 Å². The third-order valence-corrected chi connectivity index (χ3v) is 4.16. The van der Waals surface area contributed by atoms with E-state index >= 15 is 0 Å². The fourth-order valence-corrected chi connectivity index (χ4v) is 2.81. The van der Waals surface area contributed by atoms with Crippen LogP contribution in [-0.4, -0.2) is 29.1 Å². The number of hydrogen-bond acceptors (Lipinski definition) is 6. The van der Waals surface area contributed by atoms with Gasteiger partial charge in [-0.15, -0.1) is 0 Å². The smallest absolute Gasteiger partial charge is 0.316 e. The molecule has 0 atom stereocenters. The summed E-state index contributed by atoms with van der Waals surface area (Å²) in [4.78, 5) is 37.5. The number of H-pyrrole nitrogens is 1. The predicted octanol–water partition coefficient (Wildman–Crippen LogP) is 2.21. The van der Waals surface area contributed by atoms with E-state index in [1.807, 2.05) is 6.07 Å². The molecule has 2 rings (SSSR count). The summed E-state index contributed by atoms with van der Waals surface area (Å²) in [5, 5.41) is 9.38. The Kier molecular flexibility index (Phi) is 6.08.